The zero-order chi connectivity index (χ0) is 13.3. The van der Waals surface area contributed by atoms with Gasteiger partial charge in [-0.3, -0.25) is 9.89 Å². The summed E-state index contributed by atoms with van der Waals surface area (Å²) in [6.07, 6.45) is 0. The smallest absolute Gasteiger partial charge is 0.264 e. The standard InChI is InChI=1S/C10H8Cl2N2O3S/c11-6-1-7(12)3-9(2-6)18(16,17)5-8-4-10(15)14-13-8/h1-4H,5H2,(H2,13,14,15). The van der Waals surface area contributed by atoms with Gasteiger partial charge in [-0.1, -0.05) is 23.2 Å². The highest BCUT2D eigenvalue weighted by atomic mass is 35.5. The molecule has 0 saturated heterocycles. The van der Waals surface area contributed by atoms with Gasteiger partial charge in [-0.05, 0) is 18.2 Å². The highest BCUT2D eigenvalue weighted by Gasteiger charge is 2.17. The summed E-state index contributed by atoms with van der Waals surface area (Å²) in [6.45, 7) is 0. The van der Waals surface area contributed by atoms with Crippen molar-refractivity contribution in [2.24, 2.45) is 0 Å². The number of halogens is 2. The van der Waals surface area contributed by atoms with Crippen LogP contribution < -0.4 is 5.56 Å². The first-order chi connectivity index (χ1) is 8.37. The lowest BCUT2D eigenvalue weighted by molar-refractivity contribution is 0.594. The van der Waals surface area contributed by atoms with Crippen LogP contribution in [0.5, 0.6) is 0 Å². The van der Waals surface area contributed by atoms with Gasteiger partial charge in [-0.25, -0.2) is 8.42 Å². The maximum Gasteiger partial charge on any atom is 0.264 e. The molecule has 0 amide bonds. The molecule has 0 atom stereocenters. The molecule has 18 heavy (non-hydrogen) atoms. The quantitative estimate of drug-likeness (QED) is 0.909. The molecule has 0 aliphatic rings. The van der Waals surface area contributed by atoms with E-state index in [1.165, 1.54) is 24.3 Å². The maximum absolute atomic E-state index is 12.1. The van der Waals surface area contributed by atoms with Crippen molar-refractivity contribution in [3.63, 3.8) is 0 Å². The number of hydrogen-bond donors (Lipinski definition) is 2. The van der Waals surface area contributed by atoms with Gasteiger partial charge in [0, 0.05) is 16.1 Å². The number of sulfone groups is 1. The van der Waals surface area contributed by atoms with Gasteiger partial charge < -0.3 is 5.10 Å². The van der Waals surface area contributed by atoms with Gasteiger partial charge in [-0.2, -0.15) is 0 Å². The van der Waals surface area contributed by atoms with E-state index >= 15 is 0 Å². The molecule has 1 heterocycles. The number of rotatable bonds is 3. The normalized spacial score (nSPS) is 11.7. The molecule has 1 aromatic heterocycles. The molecule has 0 radical (unpaired) electrons. The molecule has 0 spiro atoms. The average molecular weight is 307 g/mol. The van der Waals surface area contributed by atoms with Crippen molar-refractivity contribution in [3.8, 4) is 0 Å². The summed E-state index contributed by atoms with van der Waals surface area (Å²) in [7, 11) is -3.60. The van der Waals surface area contributed by atoms with Gasteiger partial charge in [0.1, 0.15) is 0 Å². The minimum Gasteiger partial charge on any atom is -0.301 e. The van der Waals surface area contributed by atoms with Crippen molar-refractivity contribution in [1.29, 1.82) is 0 Å². The van der Waals surface area contributed by atoms with E-state index in [-0.39, 0.29) is 31.9 Å². The molecule has 0 fully saturated rings. The molecule has 0 unspecified atom stereocenters. The molecule has 0 aliphatic heterocycles. The van der Waals surface area contributed by atoms with Gasteiger partial charge in [0.25, 0.3) is 5.56 Å². The van der Waals surface area contributed by atoms with Crippen molar-refractivity contribution in [2.45, 2.75) is 10.6 Å². The first-order valence-electron chi connectivity index (χ1n) is 4.82. The number of hydrogen-bond acceptors (Lipinski definition) is 3. The van der Waals surface area contributed by atoms with Crippen LogP contribution in [0.25, 0.3) is 0 Å². The fraction of sp³-hybridized carbons (Fsp3) is 0.100. The summed E-state index contributed by atoms with van der Waals surface area (Å²) < 4.78 is 24.1. The Morgan fingerprint density at radius 1 is 1.00 bits per heavy atom. The molecule has 2 aromatic rings. The molecule has 96 valence electrons. The summed E-state index contributed by atoms with van der Waals surface area (Å²) in [5.41, 5.74) is -0.111. The van der Waals surface area contributed by atoms with Crippen LogP contribution in [0.15, 0.2) is 34.0 Å². The lowest BCUT2D eigenvalue weighted by Crippen LogP contribution is -2.05. The van der Waals surface area contributed by atoms with Crippen molar-refractivity contribution in [1.82, 2.24) is 10.2 Å². The summed E-state index contributed by atoms with van der Waals surface area (Å²) in [5.74, 6) is -0.331. The van der Waals surface area contributed by atoms with Gasteiger partial charge >= 0.3 is 0 Å². The number of nitrogens with one attached hydrogen (secondary N) is 2. The predicted octanol–water partition coefficient (Wildman–Crippen LogP) is 1.98. The molecule has 1 aromatic carbocycles. The third kappa shape index (κ3) is 2.95. The van der Waals surface area contributed by atoms with E-state index in [9.17, 15) is 13.2 Å². The Kier molecular flexibility index (Phi) is 3.52. The fourth-order valence-corrected chi connectivity index (χ4v) is 3.45. The second kappa shape index (κ2) is 4.79. The van der Waals surface area contributed by atoms with Gasteiger partial charge in [0.15, 0.2) is 9.84 Å². The van der Waals surface area contributed by atoms with Crippen LogP contribution in [0, 0.1) is 0 Å². The summed E-state index contributed by atoms with van der Waals surface area (Å²) in [5, 5.41) is 5.23. The Balaban J connectivity index is 2.39. The Morgan fingerprint density at radius 3 is 2.11 bits per heavy atom. The second-order valence-corrected chi connectivity index (χ2v) is 6.51. The number of aromatic nitrogens is 2. The molecule has 5 nitrogen and oxygen atoms in total. The van der Waals surface area contributed by atoms with E-state index in [1.54, 1.807) is 0 Å². The van der Waals surface area contributed by atoms with Crippen LogP contribution in [0.1, 0.15) is 5.69 Å². The van der Waals surface area contributed by atoms with Crippen molar-refractivity contribution < 1.29 is 8.42 Å². The Labute approximate surface area is 113 Å². The van der Waals surface area contributed by atoms with Crippen LogP contribution in [0.3, 0.4) is 0 Å². The fourth-order valence-electron chi connectivity index (χ4n) is 1.45. The van der Waals surface area contributed by atoms with Gasteiger partial charge in [-0.15, -0.1) is 0 Å². The van der Waals surface area contributed by atoms with Crippen LogP contribution in [0.4, 0.5) is 0 Å². The topological polar surface area (TPSA) is 82.8 Å². The van der Waals surface area contributed by atoms with Crippen LogP contribution in [-0.2, 0) is 15.6 Å². The molecule has 0 aliphatic carbocycles. The molecule has 2 N–H and O–H groups in total. The minimum atomic E-state index is -3.60. The van der Waals surface area contributed by atoms with E-state index < -0.39 is 9.84 Å². The molecular weight excluding hydrogens is 299 g/mol. The van der Waals surface area contributed by atoms with Crippen LogP contribution in [0.2, 0.25) is 10.0 Å². The maximum atomic E-state index is 12.1. The van der Waals surface area contributed by atoms with Crippen LogP contribution in [-0.4, -0.2) is 18.6 Å². The third-order valence-electron chi connectivity index (χ3n) is 2.19. The summed E-state index contributed by atoms with van der Waals surface area (Å²) in [4.78, 5) is 10.9. The number of benzene rings is 1. The lowest BCUT2D eigenvalue weighted by atomic mass is 10.4. The monoisotopic (exact) mass is 306 g/mol. The van der Waals surface area contributed by atoms with Crippen molar-refractivity contribution in [2.75, 3.05) is 0 Å². The lowest BCUT2D eigenvalue weighted by Gasteiger charge is -2.04. The van der Waals surface area contributed by atoms with Crippen molar-refractivity contribution >= 4 is 33.0 Å². The SMILES string of the molecule is O=c1cc(CS(=O)(=O)c2cc(Cl)cc(Cl)c2)[nH][nH]1. The average Bonchev–Trinajstić information content (AvgIpc) is 2.61. The molecule has 8 heteroatoms. The number of H-pyrrole nitrogens is 2. The largest absolute Gasteiger partial charge is 0.301 e. The molecular formula is C10H8Cl2N2O3S. The highest BCUT2D eigenvalue weighted by molar-refractivity contribution is 7.90. The number of aromatic amines is 2. The Hall–Kier alpha value is -1.24. The minimum absolute atomic E-state index is 0.0158. The van der Waals surface area contributed by atoms with E-state index in [2.05, 4.69) is 10.2 Å². The van der Waals surface area contributed by atoms with Gasteiger partial charge in [0.05, 0.1) is 16.3 Å². The molecule has 2 rings (SSSR count). The van der Waals surface area contributed by atoms with E-state index in [0.29, 0.717) is 0 Å². The van der Waals surface area contributed by atoms with Crippen molar-refractivity contribution in [3.05, 3.63) is 50.4 Å². The predicted molar refractivity (Wildman–Crippen MR) is 68.8 cm³/mol. The van der Waals surface area contributed by atoms with Crippen LogP contribution >= 0.6 is 23.2 Å². The van der Waals surface area contributed by atoms with E-state index in [1.807, 2.05) is 0 Å². The Morgan fingerprint density at radius 2 is 1.61 bits per heavy atom. The van der Waals surface area contributed by atoms with E-state index in [0.717, 1.165) is 0 Å². The highest BCUT2D eigenvalue weighted by Crippen LogP contribution is 2.24. The third-order valence-corrected chi connectivity index (χ3v) is 4.27. The first-order valence-corrected chi connectivity index (χ1v) is 7.23. The summed E-state index contributed by atoms with van der Waals surface area (Å²) >= 11 is 11.5. The van der Waals surface area contributed by atoms with Gasteiger partial charge in [0.2, 0.25) is 0 Å². The molecule has 0 bridgehead atoms. The zero-order valence-corrected chi connectivity index (χ0v) is 11.2. The second-order valence-electron chi connectivity index (χ2n) is 3.65. The zero-order valence-electron chi connectivity index (χ0n) is 8.91. The first kappa shape index (κ1) is 13.2. The molecule has 0 saturated carbocycles. The summed E-state index contributed by atoms with van der Waals surface area (Å²) in [6, 6.07) is 5.26. The Bertz CT molecular complexity index is 713. The van der Waals surface area contributed by atoms with E-state index in [4.69, 9.17) is 23.2 Å².